The van der Waals surface area contributed by atoms with Gasteiger partial charge in [0.1, 0.15) is 0 Å². The number of imidazole rings is 1. The molecule has 0 N–H and O–H groups in total. The maximum absolute atomic E-state index is 13.1. The van der Waals surface area contributed by atoms with Crippen LogP contribution in [0.2, 0.25) is 0 Å². The van der Waals surface area contributed by atoms with Gasteiger partial charge in [0, 0.05) is 32.1 Å². The molecule has 1 saturated heterocycles. The van der Waals surface area contributed by atoms with E-state index in [0.717, 1.165) is 37.9 Å². The molecule has 0 saturated carbocycles. The van der Waals surface area contributed by atoms with Crippen molar-refractivity contribution >= 4 is 27.7 Å². The molecule has 5 nitrogen and oxygen atoms in total. The van der Waals surface area contributed by atoms with Crippen LogP contribution < -0.4 is 5.69 Å². The first-order chi connectivity index (χ1) is 15.1. The van der Waals surface area contributed by atoms with E-state index in [-0.39, 0.29) is 17.6 Å². The number of likely N-dealkylation sites (tertiary alicyclic amines) is 1. The number of hydrogen-bond donors (Lipinski definition) is 0. The van der Waals surface area contributed by atoms with Gasteiger partial charge in [-0.1, -0.05) is 48.5 Å². The van der Waals surface area contributed by atoms with Crippen molar-refractivity contribution in [2.75, 3.05) is 13.1 Å². The summed E-state index contributed by atoms with van der Waals surface area (Å²) in [5, 5.41) is 2.76. The number of para-hydroxylation sites is 2. The maximum atomic E-state index is 13.1. The zero-order chi connectivity index (χ0) is 21.1. The second kappa shape index (κ2) is 6.92. The van der Waals surface area contributed by atoms with Gasteiger partial charge in [-0.3, -0.25) is 14.3 Å². The number of hydrogen-bond acceptors (Lipinski definition) is 3. The first-order valence-corrected chi connectivity index (χ1v) is 11.1. The van der Waals surface area contributed by atoms with E-state index in [1.807, 2.05) is 28.8 Å². The van der Waals surface area contributed by atoms with Gasteiger partial charge in [0.15, 0.2) is 0 Å². The molecule has 2 aliphatic rings. The Kier molecular flexibility index (Phi) is 4.15. The minimum absolute atomic E-state index is 0.119. The van der Waals surface area contributed by atoms with Crippen molar-refractivity contribution in [3.63, 3.8) is 0 Å². The van der Waals surface area contributed by atoms with Gasteiger partial charge in [-0.25, -0.2) is 9.36 Å². The van der Waals surface area contributed by atoms with Crippen LogP contribution in [0.3, 0.4) is 0 Å². The minimum atomic E-state index is -0.228. The van der Waals surface area contributed by atoms with Gasteiger partial charge in [-0.05, 0) is 53.3 Å². The van der Waals surface area contributed by atoms with Crippen LogP contribution in [0, 0.1) is 0 Å². The number of aromatic nitrogens is 2. The van der Waals surface area contributed by atoms with E-state index >= 15 is 0 Å². The third kappa shape index (κ3) is 2.73. The Morgan fingerprint density at radius 3 is 2.35 bits per heavy atom. The quantitative estimate of drug-likeness (QED) is 0.486. The van der Waals surface area contributed by atoms with Crippen molar-refractivity contribution in [1.29, 1.82) is 0 Å². The van der Waals surface area contributed by atoms with Crippen LogP contribution in [0.1, 0.15) is 47.8 Å². The van der Waals surface area contributed by atoms with Gasteiger partial charge >= 0.3 is 5.69 Å². The molecule has 3 aromatic carbocycles. The lowest BCUT2D eigenvalue weighted by atomic mass is 9.99. The molecule has 1 fully saturated rings. The van der Waals surface area contributed by atoms with Crippen LogP contribution in [0.15, 0.2) is 65.5 Å². The monoisotopic (exact) mass is 411 g/mol. The molecule has 1 atom stereocenters. The fourth-order valence-corrected chi connectivity index (χ4v) is 5.83. The number of carbonyl (C=O) groups excluding carboxylic acids is 1. The molecule has 156 valence electrons. The Morgan fingerprint density at radius 2 is 1.61 bits per heavy atom. The predicted octanol–water partition coefficient (Wildman–Crippen LogP) is 4.55. The summed E-state index contributed by atoms with van der Waals surface area (Å²) >= 11 is 0. The Hall–Kier alpha value is -3.18. The highest BCUT2D eigenvalue weighted by Gasteiger charge is 2.33. The summed E-state index contributed by atoms with van der Waals surface area (Å²) in [6.07, 6.45) is 2.88. The molecule has 6 rings (SSSR count). The lowest BCUT2D eigenvalue weighted by Crippen LogP contribution is -2.40. The standard InChI is InChI=1S/C26H25N3O2/c1-17(30)28-22-10-2-3-11-23(22)29(26(28)31)20-12-14-27(15-13-20)24-16-19-8-4-6-18-7-5-9-21(24)25(18)19/h2-11,20,24H,12-16H2,1H3. The maximum Gasteiger partial charge on any atom is 0.336 e. The van der Waals surface area contributed by atoms with E-state index in [0.29, 0.717) is 11.6 Å². The SMILES string of the molecule is CC(=O)n1c(=O)n(C2CCN(C3Cc4cccc5cccc3c45)CC2)c2ccccc21. The fraction of sp³-hybridized carbons (Fsp3) is 0.308. The molecular weight excluding hydrogens is 386 g/mol. The second-order valence-corrected chi connectivity index (χ2v) is 8.85. The van der Waals surface area contributed by atoms with Crippen molar-refractivity contribution in [2.24, 2.45) is 0 Å². The second-order valence-electron chi connectivity index (χ2n) is 8.85. The summed E-state index contributed by atoms with van der Waals surface area (Å²) in [4.78, 5) is 27.9. The van der Waals surface area contributed by atoms with Gasteiger partial charge in [0.05, 0.1) is 11.0 Å². The average Bonchev–Trinajstić information content (AvgIpc) is 3.30. The molecule has 1 aliphatic carbocycles. The van der Waals surface area contributed by atoms with E-state index in [1.165, 1.54) is 33.4 Å². The summed E-state index contributed by atoms with van der Waals surface area (Å²) in [5.74, 6) is -0.228. The molecular formula is C26H25N3O2. The van der Waals surface area contributed by atoms with Gasteiger partial charge in [-0.15, -0.1) is 0 Å². The first-order valence-electron chi connectivity index (χ1n) is 11.1. The number of piperidine rings is 1. The van der Waals surface area contributed by atoms with E-state index in [2.05, 4.69) is 41.3 Å². The van der Waals surface area contributed by atoms with Crippen molar-refractivity contribution in [1.82, 2.24) is 14.0 Å². The lowest BCUT2D eigenvalue weighted by molar-refractivity contribution is 0.0934. The minimum Gasteiger partial charge on any atom is -0.296 e. The topological polar surface area (TPSA) is 47.2 Å². The molecule has 1 aromatic heterocycles. The highest BCUT2D eigenvalue weighted by Crippen LogP contribution is 2.41. The van der Waals surface area contributed by atoms with Gasteiger partial charge in [0.2, 0.25) is 5.91 Å². The van der Waals surface area contributed by atoms with E-state index < -0.39 is 0 Å². The smallest absolute Gasteiger partial charge is 0.296 e. The van der Waals surface area contributed by atoms with E-state index in [9.17, 15) is 9.59 Å². The average molecular weight is 412 g/mol. The molecule has 0 amide bonds. The van der Waals surface area contributed by atoms with Crippen LogP contribution >= 0.6 is 0 Å². The normalized spacial score (nSPS) is 19.5. The predicted molar refractivity (Wildman–Crippen MR) is 123 cm³/mol. The van der Waals surface area contributed by atoms with Crippen LogP contribution in [0.5, 0.6) is 0 Å². The van der Waals surface area contributed by atoms with Crippen LogP contribution in [0.4, 0.5) is 0 Å². The molecule has 4 aromatic rings. The molecule has 1 unspecified atom stereocenters. The fourth-order valence-electron chi connectivity index (χ4n) is 5.83. The third-order valence-electron chi connectivity index (χ3n) is 7.19. The first kappa shape index (κ1) is 18.6. The summed E-state index contributed by atoms with van der Waals surface area (Å²) in [5.41, 5.74) is 4.25. The highest BCUT2D eigenvalue weighted by atomic mass is 16.2. The number of rotatable bonds is 2. The lowest BCUT2D eigenvalue weighted by Gasteiger charge is -2.36. The summed E-state index contributed by atoms with van der Waals surface area (Å²) < 4.78 is 3.17. The van der Waals surface area contributed by atoms with Gasteiger partial charge in [0.25, 0.3) is 0 Å². The zero-order valence-electron chi connectivity index (χ0n) is 17.6. The number of nitrogens with zero attached hydrogens (tertiary/aromatic N) is 3. The summed E-state index contributed by atoms with van der Waals surface area (Å²) in [7, 11) is 0. The Morgan fingerprint density at radius 1 is 0.903 bits per heavy atom. The summed E-state index contributed by atoms with van der Waals surface area (Å²) in [6, 6.07) is 21.4. The van der Waals surface area contributed by atoms with Gasteiger partial charge < -0.3 is 0 Å². The Labute approximate surface area is 180 Å². The molecule has 0 bridgehead atoms. The van der Waals surface area contributed by atoms with Crippen molar-refractivity contribution in [3.05, 3.63) is 82.3 Å². The molecule has 1 aliphatic heterocycles. The Balaban J connectivity index is 1.30. The van der Waals surface area contributed by atoms with Crippen LogP contribution in [-0.4, -0.2) is 33.0 Å². The molecule has 0 spiro atoms. The Bertz CT molecular complexity index is 1380. The third-order valence-corrected chi connectivity index (χ3v) is 7.19. The van der Waals surface area contributed by atoms with Crippen LogP contribution in [0.25, 0.3) is 21.8 Å². The molecule has 31 heavy (non-hydrogen) atoms. The van der Waals surface area contributed by atoms with E-state index in [4.69, 9.17) is 0 Å². The summed E-state index contributed by atoms with van der Waals surface area (Å²) in [6.45, 7) is 3.36. The van der Waals surface area contributed by atoms with E-state index in [1.54, 1.807) is 0 Å². The number of benzene rings is 3. The highest BCUT2D eigenvalue weighted by molar-refractivity contribution is 5.91. The largest absolute Gasteiger partial charge is 0.336 e. The zero-order valence-corrected chi connectivity index (χ0v) is 17.6. The van der Waals surface area contributed by atoms with Crippen molar-refractivity contribution in [3.8, 4) is 0 Å². The molecule has 5 heteroatoms. The van der Waals surface area contributed by atoms with Crippen molar-refractivity contribution in [2.45, 2.75) is 38.3 Å². The van der Waals surface area contributed by atoms with Gasteiger partial charge in [-0.2, -0.15) is 0 Å². The number of carbonyl (C=O) groups is 1. The molecule has 2 heterocycles. The molecule has 0 radical (unpaired) electrons. The van der Waals surface area contributed by atoms with Crippen LogP contribution in [-0.2, 0) is 6.42 Å². The number of fused-ring (bicyclic) bond motifs is 1. The van der Waals surface area contributed by atoms with Crippen molar-refractivity contribution < 1.29 is 4.79 Å².